The number of nitrogens with zero attached hydrogens (tertiary/aromatic N) is 1. The van der Waals surface area contributed by atoms with Crippen molar-refractivity contribution in [2.24, 2.45) is 0 Å². The maximum Gasteiger partial charge on any atom is 0.176 e. The SMILES string of the molecule is CC(C)(O)C#Cc1c(-c2ccccn2)cc(Cl)cc1S(C)(=O)=O. The molecule has 0 bridgehead atoms. The highest BCUT2D eigenvalue weighted by Gasteiger charge is 2.19. The molecular weight excluding hydrogens is 334 g/mol. The first kappa shape index (κ1) is 17.5. The fourth-order valence-electron chi connectivity index (χ4n) is 1.94. The molecule has 1 aromatic carbocycles. The van der Waals surface area contributed by atoms with Crippen molar-refractivity contribution in [3.05, 3.63) is 47.1 Å². The van der Waals surface area contributed by atoms with E-state index in [0.29, 0.717) is 11.3 Å². The summed E-state index contributed by atoms with van der Waals surface area (Å²) < 4.78 is 24.2. The molecule has 1 heterocycles. The molecule has 6 heteroatoms. The predicted molar refractivity (Wildman–Crippen MR) is 91.0 cm³/mol. The van der Waals surface area contributed by atoms with E-state index >= 15 is 0 Å². The van der Waals surface area contributed by atoms with Gasteiger partial charge in [-0.2, -0.15) is 0 Å². The molecule has 0 spiro atoms. The van der Waals surface area contributed by atoms with Crippen LogP contribution in [0.3, 0.4) is 0 Å². The molecule has 0 unspecified atom stereocenters. The molecule has 2 aromatic rings. The highest BCUT2D eigenvalue weighted by Crippen LogP contribution is 2.31. The van der Waals surface area contributed by atoms with Gasteiger partial charge in [0.05, 0.1) is 16.2 Å². The summed E-state index contributed by atoms with van der Waals surface area (Å²) in [4.78, 5) is 4.25. The van der Waals surface area contributed by atoms with Crippen LogP contribution in [0.5, 0.6) is 0 Å². The summed E-state index contributed by atoms with van der Waals surface area (Å²) in [6.07, 6.45) is 2.69. The highest BCUT2D eigenvalue weighted by molar-refractivity contribution is 7.90. The quantitative estimate of drug-likeness (QED) is 0.846. The van der Waals surface area contributed by atoms with Crippen LogP contribution in [0, 0.1) is 11.8 Å². The van der Waals surface area contributed by atoms with Gasteiger partial charge in [0.15, 0.2) is 9.84 Å². The Kier molecular flexibility index (Phi) is 4.81. The van der Waals surface area contributed by atoms with Crippen molar-refractivity contribution in [2.75, 3.05) is 6.26 Å². The number of hydrogen-bond acceptors (Lipinski definition) is 4. The Bertz CT molecular complexity index is 889. The van der Waals surface area contributed by atoms with Crippen LogP contribution in [-0.4, -0.2) is 30.4 Å². The minimum Gasteiger partial charge on any atom is -0.378 e. The van der Waals surface area contributed by atoms with Gasteiger partial charge in [-0.1, -0.05) is 29.5 Å². The van der Waals surface area contributed by atoms with Gasteiger partial charge in [0.1, 0.15) is 5.60 Å². The average Bonchev–Trinajstić information content (AvgIpc) is 2.44. The van der Waals surface area contributed by atoms with Crippen LogP contribution in [-0.2, 0) is 9.84 Å². The second-order valence-corrected chi connectivity index (χ2v) is 8.04. The Morgan fingerprint density at radius 3 is 2.48 bits per heavy atom. The van der Waals surface area contributed by atoms with Crippen molar-refractivity contribution in [3.8, 4) is 23.1 Å². The van der Waals surface area contributed by atoms with Gasteiger partial charge >= 0.3 is 0 Å². The van der Waals surface area contributed by atoms with Crippen LogP contribution >= 0.6 is 11.6 Å². The molecule has 1 N–H and O–H groups in total. The van der Waals surface area contributed by atoms with Crippen molar-refractivity contribution in [2.45, 2.75) is 24.3 Å². The smallest absolute Gasteiger partial charge is 0.176 e. The third-order valence-corrected chi connectivity index (χ3v) is 4.24. The van der Waals surface area contributed by atoms with E-state index in [9.17, 15) is 13.5 Å². The fraction of sp³-hybridized carbons (Fsp3) is 0.235. The molecule has 0 amide bonds. The Balaban J connectivity index is 2.85. The number of sulfone groups is 1. The lowest BCUT2D eigenvalue weighted by Gasteiger charge is -2.11. The molecule has 0 saturated heterocycles. The molecule has 1 aromatic heterocycles. The lowest BCUT2D eigenvalue weighted by atomic mass is 10.0. The monoisotopic (exact) mass is 349 g/mol. The topological polar surface area (TPSA) is 67.3 Å². The van der Waals surface area contributed by atoms with Gasteiger partial charge in [-0.3, -0.25) is 4.98 Å². The van der Waals surface area contributed by atoms with E-state index in [1.54, 1.807) is 30.5 Å². The summed E-state index contributed by atoms with van der Waals surface area (Å²) in [5, 5.41) is 10.1. The van der Waals surface area contributed by atoms with Crippen molar-refractivity contribution < 1.29 is 13.5 Å². The zero-order valence-corrected chi connectivity index (χ0v) is 14.5. The first-order valence-corrected chi connectivity index (χ1v) is 9.05. The molecule has 120 valence electrons. The van der Waals surface area contributed by atoms with Crippen molar-refractivity contribution in [1.82, 2.24) is 4.98 Å². The van der Waals surface area contributed by atoms with Crippen molar-refractivity contribution in [3.63, 3.8) is 0 Å². The van der Waals surface area contributed by atoms with E-state index in [2.05, 4.69) is 16.8 Å². The average molecular weight is 350 g/mol. The normalized spacial score (nSPS) is 11.7. The van der Waals surface area contributed by atoms with E-state index < -0.39 is 15.4 Å². The van der Waals surface area contributed by atoms with Gasteiger partial charge in [0.25, 0.3) is 0 Å². The van der Waals surface area contributed by atoms with Gasteiger partial charge in [-0.15, -0.1) is 0 Å². The van der Waals surface area contributed by atoms with E-state index in [0.717, 1.165) is 6.26 Å². The molecular formula is C17H16ClNO3S. The van der Waals surface area contributed by atoms with E-state index in [-0.39, 0.29) is 15.5 Å². The molecule has 4 nitrogen and oxygen atoms in total. The maximum absolute atomic E-state index is 12.1. The molecule has 0 aliphatic carbocycles. The number of hydrogen-bond donors (Lipinski definition) is 1. The van der Waals surface area contributed by atoms with E-state index in [1.807, 2.05) is 0 Å². The third-order valence-electron chi connectivity index (χ3n) is 2.90. The molecule has 0 fully saturated rings. The first-order chi connectivity index (χ1) is 10.6. The number of benzene rings is 1. The highest BCUT2D eigenvalue weighted by atomic mass is 35.5. The molecule has 0 radical (unpaired) electrons. The molecule has 0 atom stereocenters. The molecule has 2 rings (SSSR count). The van der Waals surface area contributed by atoms with Gasteiger partial charge in [-0.05, 0) is 38.1 Å². The zero-order chi connectivity index (χ0) is 17.3. The van der Waals surface area contributed by atoms with Gasteiger partial charge in [0.2, 0.25) is 0 Å². The number of aromatic nitrogens is 1. The third kappa shape index (κ3) is 4.55. The second kappa shape index (κ2) is 6.32. The molecule has 23 heavy (non-hydrogen) atoms. The Morgan fingerprint density at radius 2 is 1.96 bits per heavy atom. The summed E-state index contributed by atoms with van der Waals surface area (Å²) in [6.45, 7) is 3.05. The second-order valence-electron chi connectivity index (χ2n) is 5.62. The van der Waals surface area contributed by atoms with Crippen LogP contribution in [0.15, 0.2) is 41.4 Å². The largest absolute Gasteiger partial charge is 0.378 e. The van der Waals surface area contributed by atoms with Gasteiger partial charge < -0.3 is 5.11 Å². The lowest BCUT2D eigenvalue weighted by molar-refractivity contribution is 0.143. The Hall–Kier alpha value is -1.87. The fourth-order valence-corrected chi connectivity index (χ4v) is 3.10. The van der Waals surface area contributed by atoms with Crippen LogP contribution in [0.4, 0.5) is 0 Å². The van der Waals surface area contributed by atoms with E-state index in [1.165, 1.54) is 19.9 Å². The Morgan fingerprint density at radius 1 is 1.26 bits per heavy atom. The minimum atomic E-state index is -3.55. The minimum absolute atomic E-state index is 0.0161. The number of halogens is 1. The molecule has 0 saturated carbocycles. The summed E-state index contributed by atoms with van der Waals surface area (Å²) in [5.41, 5.74) is 0.0865. The number of pyridine rings is 1. The lowest BCUT2D eigenvalue weighted by Crippen LogP contribution is -2.15. The standard InChI is InChI=1S/C17H16ClNO3S/c1-17(2,20)8-7-13-14(15-6-4-5-9-19-15)10-12(18)11-16(13)23(3,21)22/h4-6,9-11,20H,1-3H3. The van der Waals surface area contributed by atoms with Crippen molar-refractivity contribution >= 4 is 21.4 Å². The van der Waals surface area contributed by atoms with Crippen LogP contribution in [0.2, 0.25) is 5.02 Å². The van der Waals surface area contributed by atoms with Gasteiger partial charge in [0, 0.05) is 23.0 Å². The zero-order valence-electron chi connectivity index (χ0n) is 13.0. The maximum atomic E-state index is 12.1. The van der Waals surface area contributed by atoms with Gasteiger partial charge in [-0.25, -0.2) is 8.42 Å². The Labute approximate surface area is 141 Å². The van der Waals surface area contributed by atoms with Crippen LogP contribution < -0.4 is 0 Å². The summed E-state index contributed by atoms with van der Waals surface area (Å²) in [7, 11) is -3.55. The summed E-state index contributed by atoms with van der Waals surface area (Å²) >= 11 is 6.08. The van der Waals surface area contributed by atoms with E-state index in [4.69, 9.17) is 11.6 Å². The molecule has 0 aliphatic rings. The first-order valence-electron chi connectivity index (χ1n) is 6.78. The number of aliphatic hydroxyl groups is 1. The summed E-state index contributed by atoms with van der Waals surface area (Å²) in [6, 6.07) is 8.27. The summed E-state index contributed by atoms with van der Waals surface area (Å²) in [5.74, 6) is 5.43. The predicted octanol–water partition coefficient (Wildman–Crippen LogP) is 2.93. The van der Waals surface area contributed by atoms with Crippen LogP contribution in [0.25, 0.3) is 11.3 Å². The van der Waals surface area contributed by atoms with Crippen molar-refractivity contribution in [1.29, 1.82) is 0 Å². The van der Waals surface area contributed by atoms with Crippen LogP contribution in [0.1, 0.15) is 19.4 Å². The molecule has 0 aliphatic heterocycles. The number of rotatable bonds is 2.